The minimum absolute atomic E-state index is 0.357. The van der Waals surface area contributed by atoms with Gasteiger partial charge < -0.3 is 5.32 Å². The molecule has 2 aromatic rings. The zero-order valence-corrected chi connectivity index (χ0v) is 12.6. The van der Waals surface area contributed by atoms with Gasteiger partial charge in [0.1, 0.15) is 0 Å². The number of rotatable bonds is 3. The lowest BCUT2D eigenvalue weighted by Crippen LogP contribution is -2.08. The Labute approximate surface area is 114 Å². The first-order chi connectivity index (χ1) is 8.49. The van der Waals surface area contributed by atoms with Crippen LogP contribution in [0.15, 0.2) is 24.3 Å². The van der Waals surface area contributed by atoms with E-state index in [1.165, 1.54) is 32.1 Å². The molecular formula is C16H21NS. The van der Waals surface area contributed by atoms with Gasteiger partial charge in [0.15, 0.2) is 0 Å². The highest BCUT2D eigenvalue weighted by atomic mass is 32.1. The molecule has 1 N–H and O–H groups in total. The molecule has 1 heterocycles. The molecule has 0 aliphatic carbocycles. The van der Waals surface area contributed by atoms with Crippen molar-refractivity contribution in [2.24, 2.45) is 0 Å². The Balaban J connectivity index is 2.24. The highest BCUT2D eigenvalue weighted by Crippen LogP contribution is 2.29. The fraction of sp³-hybridized carbons (Fsp3) is 0.375. The van der Waals surface area contributed by atoms with Gasteiger partial charge in [-0.2, -0.15) is 0 Å². The van der Waals surface area contributed by atoms with E-state index in [4.69, 9.17) is 0 Å². The second kappa shape index (κ2) is 5.15. The molecule has 0 spiro atoms. The number of thiophene rings is 1. The first kappa shape index (κ1) is 13.2. The monoisotopic (exact) mass is 259 g/mol. The van der Waals surface area contributed by atoms with Gasteiger partial charge in [-0.1, -0.05) is 12.1 Å². The number of hydrogen-bond acceptors (Lipinski definition) is 2. The molecule has 0 saturated heterocycles. The third-order valence-corrected chi connectivity index (χ3v) is 4.50. The number of hydrogen-bond donors (Lipinski definition) is 1. The minimum atomic E-state index is 0.357. The van der Waals surface area contributed by atoms with Crippen LogP contribution in [0, 0.1) is 27.7 Å². The maximum Gasteiger partial charge on any atom is 0.0496 e. The third kappa shape index (κ3) is 2.59. The third-order valence-electron chi connectivity index (χ3n) is 3.52. The number of anilines is 1. The second-order valence-corrected chi connectivity index (χ2v) is 6.44. The summed E-state index contributed by atoms with van der Waals surface area (Å²) in [7, 11) is 0. The number of aryl methyl sites for hydroxylation is 3. The first-order valence-corrected chi connectivity index (χ1v) is 7.20. The highest BCUT2D eigenvalue weighted by Gasteiger charge is 2.12. The average molecular weight is 259 g/mol. The molecular weight excluding hydrogens is 238 g/mol. The molecule has 1 nitrogen and oxygen atoms in total. The minimum Gasteiger partial charge on any atom is -0.378 e. The van der Waals surface area contributed by atoms with Gasteiger partial charge >= 0.3 is 0 Å². The van der Waals surface area contributed by atoms with Crippen molar-refractivity contribution in [1.29, 1.82) is 0 Å². The molecule has 1 atom stereocenters. The molecule has 1 aromatic heterocycles. The van der Waals surface area contributed by atoms with Crippen LogP contribution >= 0.6 is 11.3 Å². The van der Waals surface area contributed by atoms with Crippen molar-refractivity contribution >= 4 is 17.0 Å². The van der Waals surface area contributed by atoms with Crippen LogP contribution < -0.4 is 5.32 Å². The van der Waals surface area contributed by atoms with Crippen LogP contribution in [0.5, 0.6) is 0 Å². The molecule has 0 amide bonds. The Morgan fingerprint density at radius 3 is 2.44 bits per heavy atom. The van der Waals surface area contributed by atoms with Gasteiger partial charge in [0.05, 0.1) is 0 Å². The van der Waals surface area contributed by atoms with Gasteiger partial charge in [0, 0.05) is 21.5 Å². The van der Waals surface area contributed by atoms with E-state index >= 15 is 0 Å². The van der Waals surface area contributed by atoms with Crippen LogP contribution in [0.4, 0.5) is 5.69 Å². The van der Waals surface area contributed by atoms with E-state index in [0.29, 0.717) is 6.04 Å². The fourth-order valence-corrected chi connectivity index (χ4v) is 3.32. The molecule has 2 heteroatoms. The van der Waals surface area contributed by atoms with Crippen molar-refractivity contribution in [3.8, 4) is 0 Å². The van der Waals surface area contributed by atoms with Crippen molar-refractivity contribution in [3.05, 3.63) is 50.7 Å². The average Bonchev–Trinajstić information content (AvgIpc) is 2.64. The van der Waals surface area contributed by atoms with Crippen molar-refractivity contribution in [2.75, 3.05) is 5.32 Å². The summed E-state index contributed by atoms with van der Waals surface area (Å²) in [6, 6.07) is 9.08. The predicted molar refractivity (Wildman–Crippen MR) is 81.7 cm³/mol. The molecule has 0 aliphatic rings. The van der Waals surface area contributed by atoms with Gasteiger partial charge in [0.2, 0.25) is 0 Å². The lowest BCUT2D eigenvalue weighted by molar-refractivity contribution is 0.879. The summed E-state index contributed by atoms with van der Waals surface area (Å²) in [5.74, 6) is 0. The molecule has 96 valence electrons. The maximum absolute atomic E-state index is 3.63. The standard InChI is InChI=1S/C16H21NS/c1-10-7-6-8-16(12(10)3)17-13(4)15-9-11(2)18-14(15)5/h6-9,13,17H,1-5H3. The summed E-state index contributed by atoms with van der Waals surface area (Å²) in [6.07, 6.45) is 0. The number of benzene rings is 1. The molecule has 1 unspecified atom stereocenters. The Bertz CT molecular complexity index is 554. The smallest absolute Gasteiger partial charge is 0.0496 e. The van der Waals surface area contributed by atoms with E-state index in [-0.39, 0.29) is 0 Å². The summed E-state index contributed by atoms with van der Waals surface area (Å²) in [6.45, 7) is 10.9. The van der Waals surface area contributed by atoms with Crippen molar-refractivity contribution in [1.82, 2.24) is 0 Å². The van der Waals surface area contributed by atoms with Crippen LogP contribution in [0.3, 0.4) is 0 Å². The van der Waals surface area contributed by atoms with Crippen LogP contribution in [0.25, 0.3) is 0 Å². The molecule has 1 aromatic carbocycles. The Morgan fingerprint density at radius 2 is 1.83 bits per heavy atom. The molecule has 2 rings (SSSR count). The van der Waals surface area contributed by atoms with Gasteiger partial charge in [-0.15, -0.1) is 11.3 Å². The van der Waals surface area contributed by atoms with Crippen LogP contribution in [0.2, 0.25) is 0 Å². The molecule has 18 heavy (non-hydrogen) atoms. The van der Waals surface area contributed by atoms with Crippen LogP contribution in [-0.4, -0.2) is 0 Å². The van der Waals surface area contributed by atoms with Crippen molar-refractivity contribution < 1.29 is 0 Å². The predicted octanol–water partition coefficient (Wildman–Crippen LogP) is 5.15. The van der Waals surface area contributed by atoms with E-state index in [0.717, 1.165) is 0 Å². The fourth-order valence-electron chi connectivity index (χ4n) is 2.30. The largest absolute Gasteiger partial charge is 0.378 e. The molecule has 0 saturated carbocycles. The Morgan fingerprint density at radius 1 is 1.11 bits per heavy atom. The van der Waals surface area contributed by atoms with Gasteiger partial charge in [-0.3, -0.25) is 0 Å². The maximum atomic E-state index is 3.63. The van der Waals surface area contributed by atoms with E-state index < -0.39 is 0 Å². The van der Waals surface area contributed by atoms with Gasteiger partial charge in [0.25, 0.3) is 0 Å². The number of nitrogens with one attached hydrogen (secondary N) is 1. The quantitative estimate of drug-likeness (QED) is 0.803. The summed E-state index contributed by atoms with van der Waals surface area (Å²) in [5, 5.41) is 3.63. The molecule has 0 aliphatic heterocycles. The zero-order chi connectivity index (χ0) is 13.3. The van der Waals surface area contributed by atoms with Gasteiger partial charge in [-0.05, 0) is 63.4 Å². The van der Waals surface area contributed by atoms with E-state index in [9.17, 15) is 0 Å². The van der Waals surface area contributed by atoms with E-state index in [1.54, 1.807) is 0 Å². The summed E-state index contributed by atoms with van der Waals surface area (Å²) in [4.78, 5) is 2.80. The zero-order valence-electron chi connectivity index (χ0n) is 11.8. The normalized spacial score (nSPS) is 12.5. The Kier molecular flexibility index (Phi) is 3.76. The van der Waals surface area contributed by atoms with Crippen molar-refractivity contribution in [3.63, 3.8) is 0 Å². The lowest BCUT2D eigenvalue weighted by Gasteiger charge is -2.18. The first-order valence-electron chi connectivity index (χ1n) is 6.38. The van der Waals surface area contributed by atoms with Crippen molar-refractivity contribution in [2.45, 2.75) is 40.7 Å². The van der Waals surface area contributed by atoms with Gasteiger partial charge in [-0.25, -0.2) is 0 Å². The van der Waals surface area contributed by atoms with Crippen LogP contribution in [0.1, 0.15) is 39.4 Å². The van der Waals surface area contributed by atoms with E-state index in [2.05, 4.69) is 64.2 Å². The highest BCUT2D eigenvalue weighted by molar-refractivity contribution is 7.12. The summed E-state index contributed by atoms with van der Waals surface area (Å²) in [5.41, 5.74) is 5.34. The molecule has 0 radical (unpaired) electrons. The summed E-state index contributed by atoms with van der Waals surface area (Å²) >= 11 is 1.88. The van der Waals surface area contributed by atoms with E-state index in [1.807, 2.05) is 11.3 Å². The SMILES string of the molecule is Cc1cc(C(C)Nc2cccc(C)c2C)c(C)s1. The second-order valence-electron chi connectivity index (χ2n) is 4.98. The molecule has 0 bridgehead atoms. The summed E-state index contributed by atoms with van der Waals surface area (Å²) < 4.78 is 0. The topological polar surface area (TPSA) is 12.0 Å². The molecule has 0 fully saturated rings. The Hall–Kier alpha value is -1.28. The lowest BCUT2D eigenvalue weighted by atomic mass is 10.1. The van der Waals surface area contributed by atoms with Crippen LogP contribution in [-0.2, 0) is 0 Å².